The van der Waals surface area contributed by atoms with Crippen molar-refractivity contribution in [1.82, 2.24) is 4.98 Å². The minimum atomic E-state index is -0.784. The number of oxazole rings is 1. The number of benzene rings is 1. The first kappa shape index (κ1) is 13.7. The van der Waals surface area contributed by atoms with Crippen LogP contribution in [0.4, 0.5) is 11.7 Å². The van der Waals surface area contributed by atoms with Crippen molar-refractivity contribution in [3.05, 3.63) is 18.2 Å². The molecule has 1 unspecified atom stereocenters. The fourth-order valence-corrected chi connectivity index (χ4v) is 2.24. The van der Waals surface area contributed by atoms with Gasteiger partial charge in [0.2, 0.25) is 0 Å². The lowest BCUT2D eigenvalue weighted by Gasteiger charge is -2.25. The minimum absolute atomic E-state index is 0.396. The Hall–Kier alpha value is -1.75. The van der Waals surface area contributed by atoms with Crippen LogP contribution < -0.4 is 11.1 Å². The molecule has 5 heteroatoms. The van der Waals surface area contributed by atoms with Crippen molar-refractivity contribution in [3.63, 3.8) is 0 Å². The molecular formula is C14H21N3O2. The van der Waals surface area contributed by atoms with Gasteiger partial charge in [-0.25, -0.2) is 0 Å². The Labute approximate surface area is 112 Å². The van der Waals surface area contributed by atoms with Gasteiger partial charge in [-0.1, -0.05) is 13.8 Å². The quantitative estimate of drug-likeness (QED) is 0.722. The molecule has 0 saturated heterocycles. The zero-order valence-corrected chi connectivity index (χ0v) is 11.6. The molecule has 0 saturated carbocycles. The average molecular weight is 263 g/mol. The summed E-state index contributed by atoms with van der Waals surface area (Å²) < 4.78 is 5.53. The van der Waals surface area contributed by atoms with Crippen molar-refractivity contribution in [2.24, 2.45) is 5.92 Å². The lowest BCUT2D eigenvalue weighted by atomic mass is 9.94. The summed E-state index contributed by atoms with van der Waals surface area (Å²) in [6.45, 7) is 6.36. The lowest BCUT2D eigenvalue weighted by molar-refractivity contribution is 0.0510. The summed E-state index contributed by atoms with van der Waals surface area (Å²) in [4.78, 5) is 4.29. The molecule has 0 spiro atoms. The molecule has 0 bridgehead atoms. The van der Waals surface area contributed by atoms with Gasteiger partial charge in [-0.15, -0.1) is 0 Å². The van der Waals surface area contributed by atoms with Gasteiger partial charge < -0.3 is 20.6 Å². The highest BCUT2D eigenvalue weighted by atomic mass is 16.4. The number of nitrogens with zero attached hydrogens (tertiary/aromatic N) is 1. The molecule has 1 aromatic carbocycles. The van der Waals surface area contributed by atoms with Crippen LogP contribution in [0.15, 0.2) is 22.6 Å². The standard InChI is InChI=1S/C14H21N3O2/c1-9(2)7-14(3,18)8-16-13-17-11-6-10(15)4-5-12(11)19-13/h4-6,9,18H,7-8,15H2,1-3H3,(H,16,17). The van der Waals surface area contributed by atoms with E-state index in [9.17, 15) is 5.11 Å². The number of hydrogen-bond acceptors (Lipinski definition) is 5. The number of aromatic nitrogens is 1. The van der Waals surface area contributed by atoms with E-state index in [1.807, 2.05) is 0 Å². The molecule has 1 heterocycles. The highest BCUT2D eigenvalue weighted by Crippen LogP contribution is 2.22. The van der Waals surface area contributed by atoms with Crippen molar-refractivity contribution in [1.29, 1.82) is 0 Å². The second-order valence-electron chi connectivity index (χ2n) is 5.69. The van der Waals surface area contributed by atoms with Crippen LogP contribution in [0.2, 0.25) is 0 Å². The van der Waals surface area contributed by atoms with E-state index >= 15 is 0 Å². The molecular weight excluding hydrogens is 242 g/mol. The third-order valence-electron chi connectivity index (χ3n) is 2.88. The molecule has 104 valence electrons. The summed E-state index contributed by atoms with van der Waals surface area (Å²) >= 11 is 0. The molecule has 5 nitrogen and oxygen atoms in total. The van der Waals surface area contributed by atoms with E-state index < -0.39 is 5.60 Å². The molecule has 2 rings (SSSR count). The third-order valence-corrected chi connectivity index (χ3v) is 2.88. The van der Waals surface area contributed by atoms with Gasteiger partial charge >= 0.3 is 0 Å². The van der Waals surface area contributed by atoms with Gasteiger partial charge in [0, 0.05) is 12.2 Å². The number of hydrogen-bond donors (Lipinski definition) is 3. The van der Waals surface area contributed by atoms with Gasteiger partial charge in [0.1, 0.15) is 5.52 Å². The van der Waals surface area contributed by atoms with E-state index in [2.05, 4.69) is 24.1 Å². The van der Waals surface area contributed by atoms with E-state index in [0.29, 0.717) is 41.7 Å². The zero-order valence-electron chi connectivity index (χ0n) is 11.6. The van der Waals surface area contributed by atoms with Crippen molar-refractivity contribution in [3.8, 4) is 0 Å². The van der Waals surface area contributed by atoms with E-state index in [0.717, 1.165) is 0 Å². The first-order chi connectivity index (χ1) is 8.85. The van der Waals surface area contributed by atoms with Crippen molar-refractivity contribution in [2.75, 3.05) is 17.6 Å². The van der Waals surface area contributed by atoms with Crippen LogP contribution >= 0.6 is 0 Å². The monoisotopic (exact) mass is 263 g/mol. The van der Waals surface area contributed by atoms with Crippen LogP contribution in [0.5, 0.6) is 0 Å². The Bertz CT molecular complexity index is 561. The third kappa shape index (κ3) is 3.61. The summed E-state index contributed by atoms with van der Waals surface area (Å²) in [6, 6.07) is 5.72. The maximum Gasteiger partial charge on any atom is 0.295 e. The Morgan fingerprint density at radius 1 is 1.47 bits per heavy atom. The molecule has 0 fully saturated rings. The van der Waals surface area contributed by atoms with Crippen LogP contribution in [0, 0.1) is 5.92 Å². The predicted octanol–water partition coefficient (Wildman–Crippen LogP) is 2.62. The Morgan fingerprint density at radius 3 is 2.89 bits per heavy atom. The van der Waals surface area contributed by atoms with Crippen molar-refractivity contribution in [2.45, 2.75) is 32.8 Å². The predicted molar refractivity (Wildman–Crippen MR) is 77.0 cm³/mol. The Balaban J connectivity index is 2.05. The topological polar surface area (TPSA) is 84.3 Å². The summed E-state index contributed by atoms with van der Waals surface area (Å²) in [7, 11) is 0. The number of nitrogens with two attached hydrogens (primary N) is 1. The van der Waals surface area contributed by atoms with E-state index in [-0.39, 0.29) is 0 Å². The van der Waals surface area contributed by atoms with Crippen LogP contribution in [0.3, 0.4) is 0 Å². The fraction of sp³-hybridized carbons (Fsp3) is 0.500. The zero-order chi connectivity index (χ0) is 14.0. The van der Waals surface area contributed by atoms with Gasteiger partial charge in [-0.05, 0) is 37.5 Å². The summed E-state index contributed by atoms with van der Waals surface area (Å²) in [5, 5.41) is 13.2. The highest BCUT2D eigenvalue weighted by Gasteiger charge is 2.22. The van der Waals surface area contributed by atoms with Gasteiger partial charge in [0.15, 0.2) is 5.58 Å². The number of nitrogens with one attached hydrogen (secondary N) is 1. The van der Waals surface area contributed by atoms with E-state index in [4.69, 9.17) is 10.2 Å². The Morgan fingerprint density at radius 2 is 2.21 bits per heavy atom. The highest BCUT2D eigenvalue weighted by molar-refractivity contribution is 5.78. The molecule has 0 aliphatic carbocycles. The van der Waals surface area contributed by atoms with Crippen molar-refractivity contribution < 1.29 is 9.52 Å². The molecule has 0 radical (unpaired) electrons. The van der Waals surface area contributed by atoms with Crippen LogP contribution in [0.25, 0.3) is 11.1 Å². The smallest absolute Gasteiger partial charge is 0.295 e. The van der Waals surface area contributed by atoms with Crippen LogP contribution in [-0.2, 0) is 0 Å². The Kier molecular flexibility index (Phi) is 3.66. The molecule has 2 aromatic rings. The maximum atomic E-state index is 10.2. The van der Waals surface area contributed by atoms with Gasteiger partial charge in [-0.2, -0.15) is 4.98 Å². The summed E-state index contributed by atoms with van der Waals surface area (Å²) in [6.07, 6.45) is 0.715. The SMILES string of the molecule is CC(C)CC(C)(O)CNc1nc2cc(N)ccc2o1. The first-order valence-corrected chi connectivity index (χ1v) is 6.48. The number of aliphatic hydroxyl groups is 1. The van der Waals surface area contributed by atoms with Crippen molar-refractivity contribution >= 4 is 22.8 Å². The van der Waals surface area contributed by atoms with Gasteiger partial charge in [-0.3, -0.25) is 0 Å². The number of rotatable bonds is 5. The molecule has 1 aromatic heterocycles. The number of anilines is 2. The second kappa shape index (κ2) is 5.09. The normalized spacial score (nSPS) is 14.8. The minimum Gasteiger partial charge on any atom is -0.424 e. The summed E-state index contributed by atoms with van der Waals surface area (Å²) in [5.41, 5.74) is 6.95. The second-order valence-corrected chi connectivity index (χ2v) is 5.69. The van der Waals surface area contributed by atoms with E-state index in [1.165, 1.54) is 0 Å². The molecule has 0 amide bonds. The average Bonchev–Trinajstić information content (AvgIpc) is 2.66. The van der Waals surface area contributed by atoms with Gasteiger partial charge in [0.25, 0.3) is 6.01 Å². The van der Waals surface area contributed by atoms with Gasteiger partial charge in [0.05, 0.1) is 5.60 Å². The largest absolute Gasteiger partial charge is 0.424 e. The number of fused-ring (bicyclic) bond motifs is 1. The molecule has 0 aliphatic rings. The van der Waals surface area contributed by atoms with E-state index in [1.54, 1.807) is 25.1 Å². The van der Waals surface area contributed by atoms with Crippen LogP contribution in [0.1, 0.15) is 27.2 Å². The molecule has 19 heavy (non-hydrogen) atoms. The fourth-order valence-electron chi connectivity index (χ4n) is 2.24. The molecule has 4 N–H and O–H groups in total. The van der Waals surface area contributed by atoms with Crippen LogP contribution in [-0.4, -0.2) is 22.2 Å². The first-order valence-electron chi connectivity index (χ1n) is 6.48. The molecule has 1 atom stereocenters. The molecule has 0 aliphatic heterocycles. The maximum absolute atomic E-state index is 10.2. The summed E-state index contributed by atoms with van der Waals surface area (Å²) in [5.74, 6) is 0.431. The number of nitrogen functional groups attached to an aromatic ring is 1. The lowest BCUT2D eigenvalue weighted by Crippen LogP contribution is -2.34.